The van der Waals surface area contributed by atoms with E-state index in [2.05, 4.69) is 5.16 Å². The summed E-state index contributed by atoms with van der Waals surface area (Å²) in [5, 5.41) is 12.9. The summed E-state index contributed by atoms with van der Waals surface area (Å²) in [5.41, 5.74) is 2.45. The molecule has 0 saturated carbocycles. The average Bonchev–Trinajstić information content (AvgIpc) is 2.84. The van der Waals surface area contributed by atoms with Crippen molar-refractivity contribution in [1.82, 2.24) is 10.1 Å². The van der Waals surface area contributed by atoms with Crippen molar-refractivity contribution in [3.05, 3.63) is 52.9 Å². The number of carbonyl (C=O) groups excluding carboxylic acids is 1. The summed E-state index contributed by atoms with van der Waals surface area (Å²) in [6.07, 6.45) is 0.713. The van der Waals surface area contributed by atoms with E-state index in [0.29, 0.717) is 24.4 Å². The second-order valence-electron chi connectivity index (χ2n) is 5.42. The second-order valence-corrected chi connectivity index (χ2v) is 5.42. The van der Waals surface area contributed by atoms with E-state index in [9.17, 15) is 9.59 Å². The van der Waals surface area contributed by atoms with Gasteiger partial charge in [0, 0.05) is 12.1 Å². The fourth-order valence-electron chi connectivity index (χ4n) is 2.38. The Hall–Kier alpha value is -2.63. The number of hydrogen-bond donors (Lipinski definition) is 1. The lowest BCUT2D eigenvalue weighted by Gasteiger charge is -2.20. The molecular weight excluding hydrogens is 296 g/mol. The number of carbonyl (C=O) groups is 2. The monoisotopic (exact) mass is 316 g/mol. The van der Waals surface area contributed by atoms with Gasteiger partial charge in [-0.05, 0) is 25.8 Å². The number of amides is 1. The number of rotatable bonds is 7. The van der Waals surface area contributed by atoms with Crippen LogP contribution in [0, 0.1) is 13.8 Å². The van der Waals surface area contributed by atoms with E-state index < -0.39 is 5.97 Å². The average molecular weight is 316 g/mol. The number of carboxylic acids is 1. The van der Waals surface area contributed by atoms with Crippen molar-refractivity contribution in [1.29, 1.82) is 0 Å². The summed E-state index contributed by atoms with van der Waals surface area (Å²) in [6, 6.07) is 9.67. The van der Waals surface area contributed by atoms with Crippen LogP contribution in [0.15, 0.2) is 34.9 Å². The van der Waals surface area contributed by atoms with Crippen LogP contribution in [0.1, 0.15) is 22.6 Å². The number of aliphatic carboxylic acids is 1. The van der Waals surface area contributed by atoms with E-state index >= 15 is 0 Å². The molecule has 0 unspecified atom stereocenters. The Morgan fingerprint density at radius 1 is 1.22 bits per heavy atom. The highest BCUT2D eigenvalue weighted by molar-refractivity contribution is 5.83. The molecule has 1 amide bonds. The molecule has 0 aliphatic carbocycles. The smallest absolute Gasteiger partial charge is 0.323 e. The number of carboxylic acid groups (broad SMARTS) is 1. The van der Waals surface area contributed by atoms with Crippen molar-refractivity contribution in [2.24, 2.45) is 0 Å². The first kappa shape index (κ1) is 16.7. The van der Waals surface area contributed by atoms with E-state index in [1.165, 1.54) is 4.90 Å². The lowest BCUT2D eigenvalue weighted by molar-refractivity contribution is -0.144. The first-order valence-corrected chi connectivity index (χ1v) is 7.42. The molecule has 6 heteroatoms. The molecule has 0 radical (unpaired) electrons. The second kappa shape index (κ2) is 7.58. The highest BCUT2D eigenvalue weighted by Gasteiger charge is 2.20. The SMILES string of the molecule is Cc1noc(C)c1CC(=O)N(CCc1ccccc1)CC(=O)O. The molecule has 122 valence electrons. The van der Waals surface area contributed by atoms with Crippen molar-refractivity contribution in [3.63, 3.8) is 0 Å². The van der Waals surface area contributed by atoms with Gasteiger partial charge in [0.25, 0.3) is 0 Å². The number of aromatic nitrogens is 1. The Balaban J connectivity index is 2.05. The number of nitrogens with zero attached hydrogens (tertiary/aromatic N) is 2. The molecule has 23 heavy (non-hydrogen) atoms. The van der Waals surface area contributed by atoms with Crippen molar-refractivity contribution >= 4 is 11.9 Å². The minimum atomic E-state index is -1.02. The third kappa shape index (κ3) is 4.67. The van der Waals surface area contributed by atoms with Crippen LogP contribution in [-0.2, 0) is 22.4 Å². The molecule has 0 atom stereocenters. The Bertz CT molecular complexity index is 660. The topological polar surface area (TPSA) is 83.6 Å². The van der Waals surface area contributed by atoms with Crippen LogP contribution in [-0.4, -0.2) is 40.1 Å². The quantitative estimate of drug-likeness (QED) is 0.844. The van der Waals surface area contributed by atoms with Crippen LogP contribution in [0.25, 0.3) is 0 Å². The normalized spacial score (nSPS) is 10.5. The number of aryl methyl sites for hydroxylation is 2. The molecule has 2 rings (SSSR count). The fourth-order valence-corrected chi connectivity index (χ4v) is 2.38. The lowest BCUT2D eigenvalue weighted by atomic mass is 10.1. The summed E-state index contributed by atoms with van der Waals surface area (Å²) in [5.74, 6) is -0.669. The fraction of sp³-hybridized carbons (Fsp3) is 0.353. The molecular formula is C17H20N2O4. The maximum Gasteiger partial charge on any atom is 0.323 e. The molecule has 0 bridgehead atoms. The van der Waals surface area contributed by atoms with Crippen molar-refractivity contribution in [2.45, 2.75) is 26.7 Å². The maximum absolute atomic E-state index is 12.5. The predicted octanol–water partition coefficient (Wildman–Crippen LogP) is 1.99. The Labute approximate surface area is 134 Å². The lowest BCUT2D eigenvalue weighted by Crippen LogP contribution is -2.38. The third-order valence-corrected chi connectivity index (χ3v) is 3.70. The minimum Gasteiger partial charge on any atom is -0.480 e. The van der Waals surface area contributed by atoms with E-state index in [0.717, 1.165) is 11.1 Å². The molecule has 1 aromatic carbocycles. The molecule has 1 N–H and O–H groups in total. The van der Waals surface area contributed by atoms with Gasteiger partial charge in [-0.25, -0.2) is 0 Å². The molecule has 0 saturated heterocycles. The highest BCUT2D eigenvalue weighted by atomic mass is 16.5. The first-order chi connectivity index (χ1) is 11.0. The van der Waals surface area contributed by atoms with Gasteiger partial charge in [-0.15, -0.1) is 0 Å². The summed E-state index contributed by atoms with van der Waals surface area (Å²) >= 11 is 0. The van der Waals surface area contributed by atoms with Crippen LogP contribution in [0.3, 0.4) is 0 Å². The molecule has 0 spiro atoms. The minimum absolute atomic E-state index is 0.100. The summed E-state index contributed by atoms with van der Waals surface area (Å²) in [4.78, 5) is 24.9. The van der Waals surface area contributed by atoms with E-state index in [4.69, 9.17) is 9.63 Å². The van der Waals surface area contributed by atoms with Crippen molar-refractivity contribution < 1.29 is 19.2 Å². The molecule has 1 heterocycles. The first-order valence-electron chi connectivity index (χ1n) is 7.42. The molecule has 0 fully saturated rings. The van der Waals surface area contributed by atoms with Crippen LogP contribution in [0.5, 0.6) is 0 Å². The molecule has 1 aromatic heterocycles. The third-order valence-electron chi connectivity index (χ3n) is 3.70. The van der Waals surface area contributed by atoms with Gasteiger partial charge in [-0.3, -0.25) is 9.59 Å². The Morgan fingerprint density at radius 3 is 2.48 bits per heavy atom. The molecule has 0 aliphatic rings. The molecule has 2 aromatic rings. The standard InChI is InChI=1S/C17H20N2O4/c1-12-15(13(2)23-18-12)10-16(20)19(11-17(21)22)9-8-14-6-4-3-5-7-14/h3-7H,8-11H2,1-2H3,(H,21,22). The van der Waals surface area contributed by atoms with E-state index in [1.807, 2.05) is 30.3 Å². The predicted molar refractivity (Wildman–Crippen MR) is 84.0 cm³/mol. The molecule has 6 nitrogen and oxygen atoms in total. The van der Waals surface area contributed by atoms with Crippen LogP contribution < -0.4 is 0 Å². The van der Waals surface area contributed by atoms with Gasteiger partial charge in [0.05, 0.1) is 12.1 Å². The van der Waals surface area contributed by atoms with Gasteiger partial charge in [0.2, 0.25) is 5.91 Å². The van der Waals surface area contributed by atoms with Crippen LogP contribution in [0.4, 0.5) is 0 Å². The highest BCUT2D eigenvalue weighted by Crippen LogP contribution is 2.14. The van der Waals surface area contributed by atoms with Gasteiger partial charge < -0.3 is 14.5 Å². The van der Waals surface area contributed by atoms with Crippen LogP contribution in [0.2, 0.25) is 0 Å². The van der Waals surface area contributed by atoms with Gasteiger partial charge in [0.1, 0.15) is 12.3 Å². The van der Waals surface area contributed by atoms with Gasteiger partial charge in [-0.2, -0.15) is 0 Å². The Morgan fingerprint density at radius 2 is 1.91 bits per heavy atom. The molecule has 0 aliphatic heterocycles. The zero-order valence-corrected chi connectivity index (χ0v) is 13.3. The van der Waals surface area contributed by atoms with E-state index in [-0.39, 0.29) is 18.9 Å². The number of hydrogen-bond acceptors (Lipinski definition) is 4. The summed E-state index contributed by atoms with van der Waals surface area (Å²) in [7, 11) is 0. The Kier molecular flexibility index (Phi) is 5.51. The van der Waals surface area contributed by atoms with Crippen LogP contribution >= 0.6 is 0 Å². The van der Waals surface area contributed by atoms with Crippen molar-refractivity contribution in [2.75, 3.05) is 13.1 Å². The van der Waals surface area contributed by atoms with Crippen molar-refractivity contribution in [3.8, 4) is 0 Å². The van der Waals surface area contributed by atoms with Gasteiger partial charge >= 0.3 is 5.97 Å². The van der Waals surface area contributed by atoms with Gasteiger partial charge in [0.15, 0.2) is 0 Å². The zero-order chi connectivity index (χ0) is 16.8. The zero-order valence-electron chi connectivity index (χ0n) is 13.3. The summed E-state index contributed by atoms with van der Waals surface area (Å²) in [6.45, 7) is 3.56. The van der Waals surface area contributed by atoms with E-state index in [1.54, 1.807) is 13.8 Å². The number of benzene rings is 1. The van der Waals surface area contributed by atoms with Gasteiger partial charge in [-0.1, -0.05) is 35.5 Å². The largest absolute Gasteiger partial charge is 0.480 e. The maximum atomic E-state index is 12.5. The summed E-state index contributed by atoms with van der Waals surface area (Å²) < 4.78 is 5.05.